The van der Waals surface area contributed by atoms with Gasteiger partial charge in [-0.15, -0.1) is 0 Å². The van der Waals surface area contributed by atoms with Crippen LogP contribution in [-0.2, 0) is 9.59 Å². The van der Waals surface area contributed by atoms with Crippen molar-refractivity contribution in [3.05, 3.63) is 24.3 Å². The van der Waals surface area contributed by atoms with E-state index in [4.69, 9.17) is 9.47 Å². The van der Waals surface area contributed by atoms with Crippen molar-refractivity contribution in [3.8, 4) is 11.5 Å². The van der Waals surface area contributed by atoms with Crippen LogP contribution in [0.2, 0.25) is 0 Å². The topological polar surface area (TPSA) is 67.9 Å². The van der Waals surface area contributed by atoms with Crippen molar-refractivity contribution < 1.29 is 19.1 Å². The van der Waals surface area contributed by atoms with Gasteiger partial charge in [-0.3, -0.25) is 9.59 Å². The Morgan fingerprint density at radius 1 is 1.00 bits per heavy atom. The molecule has 1 saturated heterocycles. The number of carbonyl (C=O) groups is 2. The molecule has 2 fully saturated rings. The number of hydrogen-bond donors (Lipinski definition) is 1. The van der Waals surface area contributed by atoms with Crippen LogP contribution in [0.25, 0.3) is 0 Å². The van der Waals surface area contributed by atoms with Crippen LogP contribution in [0.1, 0.15) is 57.8 Å². The molecule has 1 saturated carbocycles. The van der Waals surface area contributed by atoms with Crippen LogP contribution in [0.5, 0.6) is 11.5 Å². The zero-order chi connectivity index (χ0) is 20.5. The molecule has 160 valence electrons. The van der Waals surface area contributed by atoms with E-state index in [0.717, 1.165) is 50.3 Å². The van der Waals surface area contributed by atoms with E-state index >= 15 is 0 Å². The Hall–Kier alpha value is -2.24. The molecule has 0 atom stereocenters. The summed E-state index contributed by atoms with van der Waals surface area (Å²) in [5.41, 5.74) is 0. The zero-order valence-corrected chi connectivity index (χ0v) is 17.5. The van der Waals surface area contributed by atoms with Crippen LogP contribution in [0.3, 0.4) is 0 Å². The first kappa shape index (κ1) is 21.5. The molecular formula is C23H34N2O4. The highest BCUT2D eigenvalue weighted by molar-refractivity contribution is 5.79. The van der Waals surface area contributed by atoms with E-state index in [1.165, 1.54) is 19.3 Å². The molecule has 6 heteroatoms. The minimum Gasteiger partial charge on any atom is -0.497 e. The number of piperidine rings is 1. The van der Waals surface area contributed by atoms with Gasteiger partial charge in [0.15, 0.2) is 0 Å². The first-order chi connectivity index (χ1) is 14.2. The molecule has 29 heavy (non-hydrogen) atoms. The summed E-state index contributed by atoms with van der Waals surface area (Å²) in [6.45, 7) is 1.98. The maximum Gasteiger partial charge on any atom is 0.223 e. The SMILES string of the molecule is COc1ccc(OCCCC(=O)N2CCC(NC(=O)C3CCCCC3)CC2)cc1. The van der Waals surface area contributed by atoms with Gasteiger partial charge in [-0.2, -0.15) is 0 Å². The molecule has 0 unspecified atom stereocenters. The Labute approximate surface area is 173 Å². The number of amides is 2. The van der Waals surface area contributed by atoms with Crippen molar-refractivity contribution in [3.63, 3.8) is 0 Å². The molecule has 1 aliphatic heterocycles. The number of benzene rings is 1. The maximum absolute atomic E-state index is 12.4. The first-order valence-electron chi connectivity index (χ1n) is 11.0. The summed E-state index contributed by atoms with van der Waals surface area (Å²) in [5.74, 6) is 2.19. The largest absolute Gasteiger partial charge is 0.497 e. The van der Waals surface area contributed by atoms with E-state index in [9.17, 15) is 9.59 Å². The Balaban J connectivity index is 1.29. The number of hydrogen-bond acceptors (Lipinski definition) is 4. The second-order valence-electron chi connectivity index (χ2n) is 8.13. The number of nitrogens with zero attached hydrogens (tertiary/aromatic N) is 1. The Bertz CT molecular complexity index is 647. The van der Waals surface area contributed by atoms with Gasteiger partial charge in [0.1, 0.15) is 11.5 Å². The lowest BCUT2D eigenvalue weighted by atomic mass is 9.88. The molecule has 2 amide bonds. The van der Waals surface area contributed by atoms with Crippen molar-refractivity contribution in [2.45, 2.75) is 63.8 Å². The molecular weight excluding hydrogens is 368 g/mol. The molecule has 3 rings (SSSR count). The lowest BCUT2D eigenvalue weighted by Crippen LogP contribution is -2.48. The van der Waals surface area contributed by atoms with Crippen LogP contribution >= 0.6 is 0 Å². The Morgan fingerprint density at radius 3 is 2.31 bits per heavy atom. The fourth-order valence-electron chi connectivity index (χ4n) is 4.20. The highest BCUT2D eigenvalue weighted by atomic mass is 16.5. The zero-order valence-electron chi connectivity index (χ0n) is 17.5. The Morgan fingerprint density at radius 2 is 1.66 bits per heavy atom. The highest BCUT2D eigenvalue weighted by Crippen LogP contribution is 2.24. The predicted octanol–water partition coefficient (Wildman–Crippen LogP) is 3.54. The van der Waals surface area contributed by atoms with Crippen molar-refractivity contribution in [1.82, 2.24) is 10.2 Å². The van der Waals surface area contributed by atoms with Crippen molar-refractivity contribution in [2.24, 2.45) is 5.92 Å². The molecule has 1 aromatic carbocycles. The molecule has 1 N–H and O–H groups in total. The van der Waals surface area contributed by atoms with Gasteiger partial charge in [-0.05, 0) is 56.4 Å². The number of methoxy groups -OCH3 is 1. The van der Waals surface area contributed by atoms with E-state index in [2.05, 4.69) is 5.32 Å². The summed E-state index contributed by atoms with van der Waals surface area (Å²) in [6.07, 6.45) is 8.57. The van der Waals surface area contributed by atoms with Gasteiger partial charge in [0.25, 0.3) is 0 Å². The summed E-state index contributed by atoms with van der Waals surface area (Å²) >= 11 is 0. The lowest BCUT2D eigenvalue weighted by molar-refractivity contribution is -0.132. The number of rotatable bonds is 8. The molecule has 6 nitrogen and oxygen atoms in total. The number of nitrogens with one attached hydrogen (secondary N) is 1. The monoisotopic (exact) mass is 402 g/mol. The van der Waals surface area contributed by atoms with Crippen molar-refractivity contribution in [2.75, 3.05) is 26.8 Å². The fraction of sp³-hybridized carbons (Fsp3) is 0.652. The minimum atomic E-state index is 0.181. The maximum atomic E-state index is 12.4. The molecule has 0 bridgehead atoms. The predicted molar refractivity (Wildman–Crippen MR) is 112 cm³/mol. The summed E-state index contributed by atoms with van der Waals surface area (Å²) < 4.78 is 10.8. The summed E-state index contributed by atoms with van der Waals surface area (Å²) in [6, 6.07) is 7.67. The second kappa shape index (κ2) is 11.1. The van der Waals surface area contributed by atoms with E-state index in [1.54, 1.807) is 7.11 Å². The summed E-state index contributed by atoms with van der Waals surface area (Å²) in [5, 5.41) is 3.22. The highest BCUT2D eigenvalue weighted by Gasteiger charge is 2.27. The van der Waals surface area contributed by atoms with Crippen LogP contribution in [0.15, 0.2) is 24.3 Å². The van der Waals surface area contributed by atoms with Gasteiger partial charge in [-0.25, -0.2) is 0 Å². The van der Waals surface area contributed by atoms with Crippen LogP contribution < -0.4 is 14.8 Å². The lowest BCUT2D eigenvalue weighted by Gasteiger charge is -2.33. The normalized spacial score (nSPS) is 18.3. The number of likely N-dealkylation sites (tertiary alicyclic amines) is 1. The molecule has 1 aliphatic carbocycles. The van der Waals surface area contributed by atoms with E-state index in [0.29, 0.717) is 19.4 Å². The number of ether oxygens (including phenoxy) is 2. The molecule has 1 heterocycles. The van der Waals surface area contributed by atoms with Crippen LogP contribution in [0.4, 0.5) is 0 Å². The van der Waals surface area contributed by atoms with Crippen LogP contribution in [-0.4, -0.2) is 49.6 Å². The molecule has 2 aliphatic rings. The Kier molecular flexibility index (Phi) is 8.20. The molecule has 1 aromatic rings. The van der Waals surface area contributed by atoms with E-state index in [-0.39, 0.29) is 23.8 Å². The van der Waals surface area contributed by atoms with E-state index in [1.807, 2.05) is 29.2 Å². The van der Waals surface area contributed by atoms with Gasteiger partial charge < -0.3 is 19.7 Å². The quantitative estimate of drug-likeness (QED) is 0.676. The summed E-state index contributed by atoms with van der Waals surface area (Å²) in [4.78, 5) is 26.8. The summed E-state index contributed by atoms with van der Waals surface area (Å²) in [7, 11) is 1.63. The second-order valence-corrected chi connectivity index (χ2v) is 8.13. The third-order valence-corrected chi connectivity index (χ3v) is 6.03. The van der Waals surface area contributed by atoms with Gasteiger partial charge in [-0.1, -0.05) is 19.3 Å². The average Bonchev–Trinajstić information content (AvgIpc) is 2.78. The molecule has 0 radical (unpaired) electrons. The average molecular weight is 403 g/mol. The molecule has 0 aromatic heterocycles. The van der Waals surface area contributed by atoms with E-state index < -0.39 is 0 Å². The minimum absolute atomic E-state index is 0.181. The standard InChI is InChI=1S/C23H34N2O4/c1-28-20-9-11-21(12-10-20)29-17-5-8-22(26)25-15-13-19(14-16-25)24-23(27)18-6-3-2-4-7-18/h9-12,18-19H,2-8,13-17H2,1H3,(H,24,27). The smallest absolute Gasteiger partial charge is 0.223 e. The third-order valence-electron chi connectivity index (χ3n) is 6.03. The third kappa shape index (κ3) is 6.65. The van der Waals surface area contributed by atoms with Crippen molar-refractivity contribution >= 4 is 11.8 Å². The molecule has 0 spiro atoms. The van der Waals surface area contributed by atoms with Gasteiger partial charge in [0, 0.05) is 31.5 Å². The van der Waals surface area contributed by atoms with Gasteiger partial charge in [0.2, 0.25) is 11.8 Å². The number of carbonyl (C=O) groups excluding carboxylic acids is 2. The van der Waals surface area contributed by atoms with Crippen molar-refractivity contribution in [1.29, 1.82) is 0 Å². The first-order valence-corrected chi connectivity index (χ1v) is 11.0. The van der Waals surface area contributed by atoms with Gasteiger partial charge >= 0.3 is 0 Å². The van der Waals surface area contributed by atoms with Crippen LogP contribution in [0, 0.1) is 5.92 Å². The fourth-order valence-corrected chi connectivity index (χ4v) is 4.20. The van der Waals surface area contributed by atoms with Gasteiger partial charge in [0.05, 0.1) is 13.7 Å².